The second-order valence-electron chi connectivity index (χ2n) is 2.89. The molecule has 1 saturated heterocycles. The number of quaternary nitrogens is 1. The average molecular weight is 180 g/mol. The van der Waals surface area contributed by atoms with E-state index in [-0.39, 0.29) is 0 Å². The monoisotopic (exact) mass is 180 g/mol. The molecule has 0 amide bonds. The van der Waals surface area contributed by atoms with Crippen LogP contribution in [-0.2, 0) is 4.74 Å². The van der Waals surface area contributed by atoms with E-state index in [9.17, 15) is 10.2 Å². The molecule has 1 aliphatic heterocycles. The van der Waals surface area contributed by atoms with Crippen LogP contribution in [0, 0.1) is 0 Å². The predicted octanol–water partition coefficient (Wildman–Crippen LogP) is -3.97. The van der Waals surface area contributed by atoms with Crippen molar-refractivity contribution in [3.63, 3.8) is 0 Å². The Kier molecular flexibility index (Phi) is 2.99. The molecule has 0 spiro atoms. The van der Waals surface area contributed by atoms with Crippen molar-refractivity contribution in [3.8, 4) is 0 Å². The summed E-state index contributed by atoms with van der Waals surface area (Å²) in [5.41, 5.74) is 3.41. The lowest BCUT2D eigenvalue weighted by Crippen LogP contribution is -2.77. The zero-order valence-corrected chi connectivity index (χ0v) is 6.50. The topological polar surface area (TPSA) is 118 Å². The number of hydrogen-bond donors (Lipinski definition) is 5. The summed E-state index contributed by atoms with van der Waals surface area (Å²) < 4.78 is 4.76. The summed E-state index contributed by atoms with van der Waals surface area (Å²) in [5.74, 6) is 0. The van der Waals surface area contributed by atoms with Crippen molar-refractivity contribution >= 4 is 0 Å². The zero-order chi connectivity index (χ0) is 9.30. The highest BCUT2D eigenvalue weighted by Crippen LogP contribution is 2.16. The van der Waals surface area contributed by atoms with Gasteiger partial charge in [-0.3, -0.25) is 0 Å². The summed E-state index contributed by atoms with van der Waals surface area (Å²) in [7, 11) is 0. The Hall–Kier alpha value is -0.240. The summed E-state index contributed by atoms with van der Waals surface area (Å²) in [6.07, 6.45) is -4.53. The summed E-state index contributed by atoms with van der Waals surface area (Å²) in [5, 5.41) is 36.3. The fourth-order valence-electron chi connectivity index (χ4n) is 1.15. The molecule has 1 fully saturated rings. The fourth-order valence-corrected chi connectivity index (χ4v) is 1.15. The summed E-state index contributed by atoms with van der Waals surface area (Å²) in [6, 6.07) is -0.789. The van der Waals surface area contributed by atoms with E-state index in [1.165, 1.54) is 0 Å². The van der Waals surface area contributed by atoms with E-state index in [0.717, 1.165) is 0 Å². The largest absolute Gasteiger partial charge is 0.394 e. The van der Waals surface area contributed by atoms with Gasteiger partial charge in [0.1, 0.15) is 18.3 Å². The molecule has 0 bridgehead atoms. The molecule has 1 aliphatic rings. The molecule has 7 N–H and O–H groups in total. The van der Waals surface area contributed by atoms with Gasteiger partial charge in [0.25, 0.3) is 0 Å². The minimum atomic E-state index is -1.24. The molecule has 1 heterocycles. The van der Waals surface area contributed by atoms with Gasteiger partial charge in [-0.15, -0.1) is 0 Å². The molecule has 0 aliphatic carbocycles. The Balaban J connectivity index is 2.63. The van der Waals surface area contributed by atoms with Crippen LogP contribution in [0.5, 0.6) is 0 Å². The SMILES string of the molecule is [NH3+][C@@H]1C(O)O[C@H](CO)[C@@H](O)[C@@H]1O. The molecule has 6 heteroatoms. The highest BCUT2D eigenvalue weighted by molar-refractivity contribution is 4.87. The quantitative estimate of drug-likeness (QED) is 0.282. The van der Waals surface area contributed by atoms with E-state index in [0.29, 0.717) is 0 Å². The van der Waals surface area contributed by atoms with E-state index in [4.69, 9.17) is 14.9 Å². The molecule has 0 aromatic heterocycles. The lowest BCUT2D eigenvalue weighted by atomic mass is 9.98. The number of rotatable bonds is 1. The first-order valence-electron chi connectivity index (χ1n) is 3.71. The first-order valence-corrected chi connectivity index (χ1v) is 3.71. The fraction of sp³-hybridized carbons (Fsp3) is 1.00. The van der Waals surface area contributed by atoms with Crippen molar-refractivity contribution in [1.29, 1.82) is 0 Å². The third-order valence-electron chi connectivity index (χ3n) is 2.03. The molecule has 0 saturated carbocycles. The lowest BCUT2D eigenvalue weighted by Gasteiger charge is -2.36. The summed E-state index contributed by atoms with van der Waals surface area (Å²) >= 11 is 0. The van der Waals surface area contributed by atoms with Gasteiger partial charge in [-0.05, 0) is 0 Å². The first-order chi connectivity index (χ1) is 5.57. The normalized spacial score (nSPS) is 49.2. The smallest absolute Gasteiger partial charge is 0.211 e. The van der Waals surface area contributed by atoms with Gasteiger partial charge in [-0.25, -0.2) is 0 Å². The molecular formula is C6H14NO5+. The van der Waals surface area contributed by atoms with Gasteiger partial charge in [0.05, 0.1) is 6.61 Å². The Bertz CT molecular complexity index is 150. The number of aliphatic hydroxyl groups is 4. The van der Waals surface area contributed by atoms with Crippen molar-refractivity contribution in [2.45, 2.75) is 30.6 Å². The number of ether oxygens (including phenoxy) is 1. The van der Waals surface area contributed by atoms with Crippen LogP contribution in [0.25, 0.3) is 0 Å². The predicted molar refractivity (Wildman–Crippen MR) is 36.7 cm³/mol. The van der Waals surface area contributed by atoms with Crippen LogP contribution in [0.1, 0.15) is 0 Å². The maximum absolute atomic E-state index is 9.25. The lowest BCUT2D eigenvalue weighted by molar-refractivity contribution is -0.497. The molecule has 0 aromatic rings. The average Bonchev–Trinajstić information content (AvgIpc) is 2.08. The van der Waals surface area contributed by atoms with Gasteiger partial charge in [0, 0.05) is 0 Å². The van der Waals surface area contributed by atoms with E-state index in [1.807, 2.05) is 0 Å². The second-order valence-corrected chi connectivity index (χ2v) is 2.89. The minimum absolute atomic E-state index is 0.442. The third kappa shape index (κ3) is 1.58. The van der Waals surface area contributed by atoms with Gasteiger partial charge >= 0.3 is 0 Å². The van der Waals surface area contributed by atoms with Crippen LogP contribution in [0.4, 0.5) is 0 Å². The maximum Gasteiger partial charge on any atom is 0.211 e. The molecular weight excluding hydrogens is 166 g/mol. The van der Waals surface area contributed by atoms with Crippen LogP contribution in [0.15, 0.2) is 0 Å². The van der Waals surface area contributed by atoms with Gasteiger partial charge in [-0.1, -0.05) is 0 Å². The minimum Gasteiger partial charge on any atom is -0.394 e. The maximum atomic E-state index is 9.25. The van der Waals surface area contributed by atoms with Gasteiger partial charge in [0.15, 0.2) is 6.04 Å². The molecule has 1 unspecified atom stereocenters. The summed E-state index contributed by atoms with van der Waals surface area (Å²) in [4.78, 5) is 0. The standard InChI is InChI=1S/C6H13NO5/c7-3-5(10)4(9)2(1-8)12-6(3)11/h2-6,8-11H,1,7H2/p+1/t2-,3+,4-,5-,6?/m1/s1. The van der Waals surface area contributed by atoms with Crippen LogP contribution < -0.4 is 5.73 Å². The van der Waals surface area contributed by atoms with E-state index < -0.39 is 37.3 Å². The van der Waals surface area contributed by atoms with Crippen molar-refractivity contribution in [1.82, 2.24) is 0 Å². The zero-order valence-electron chi connectivity index (χ0n) is 6.50. The Morgan fingerprint density at radius 2 is 1.75 bits per heavy atom. The molecule has 72 valence electrons. The molecule has 12 heavy (non-hydrogen) atoms. The van der Waals surface area contributed by atoms with Gasteiger partial charge < -0.3 is 30.9 Å². The number of aliphatic hydroxyl groups excluding tert-OH is 4. The Morgan fingerprint density at radius 3 is 2.25 bits per heavy atom. The Morgan fingerprint density at radius 1 is 1.17 bits per heavy atom. The van der Waals surface area contributed by atoms with Crippen molar-refractivity contribution < 1.29 is 30.9 Å². The number of hydrogen-bond acceptors (Lipinski definition) is 5. The third-order valence-corrected chi connectivity index (χ3v) is 2.03. The molecule has 5 atom stereocenters. The van der Waals surface area contributed by atoms with Crippen LogP contribution in [0.2, 0.25) is 0 Å². The van der Waals surface area contributed by atoms with Gasteiger partial charge in [0.2, 0.25) is 6.29 Å². The molecule has 0 aromatic carbocycles. The van der Waals surface area contributed by atoms with Crippen LogP contribution >= 0.6 is 0 Å². The van der Waals surface area contributed by atoms with E-state index in [2.05, 4.69) is 5.73 Å². The first kappa shape index (κ1) is 9.85. The van der Waals surface area contributed by atoms with Crippen LogP contribution in [-0.4, -0.2) is 57.7 Å². The second kappa shape index (κ2) is 3.65. The van der Waals surface area contributed by atoms with Crippen LogP contribution in [0.3, 0.4) is 0 Å². The molecule has 6 nitrogen and oxygen atoms in total. The highest BCUT2D eigenvalue weighted by Gasteiger charge is 2.43. The van der Waals surface area contributed by atoms with Crippen molar-refractivity contribution in [2.75, 3.05) is 6.61 Å². The van der Waals surface area contributed by atoms with E-state index >= 15 is 0 Å². The summed E-state index contributed by atoms with van der Waals surface area (Å²) in [6.45, 7) is -0.442. The van der Waals surface area contributed by atoms with Gasteiger partial charge in [-0.2, -0.15) is 0 Å². The molecule has 0 radical (unpaired) electrons. The highest BCUT2D eigenvalue weighted by atomic mass is 16.6. The Labute approximate surface area is 69.2 Å². The van der Waals surface area contributed by atoms with Crippen molar-refractivity contribution in [2.24, 2.45) is 0 Å². The van der Waals surface area contributed by atoms with E-state index in [1.54, 1.807) is 0 Å². The van der Waals surface area contributed by atoms with Crippen molar-refractivity contribution in [3.05, 3.63) is 0 Å². The molecule has 1 rings (SSSR count).